The molecule has 0 aliphatic carbocycles. The number of ether oxygens (including phenoxy) is 1. The van der Waals surface area contributed by atoms with E-state index in [0.29, 0.717) is 26.3 Å². The monoisotopic (exact) mass is 228 g/mol. The molecule has 0 spiro atoms. The van der Waals surface area contributed by atoms with Crippen LogP contribution in [0.5, 0.6) is 0 Å². The van der Waals surface area contributed by atoms with Crippen molar-refractivity contribution in [3.05, 3.63) is 11.9 Å². The fourth-order valence-corrected chi connectivity index (χ4v) is 1.35. The van der Waals surface area contributed by atoms with Crippen molar-refractivity contribution in [3.63, 3.8) is 0 Å². The Labute approximate surface area is 95.4 Å². The summed E-state index contributed by atoms with van der Waals surface area (Å²) >= 11 is 0. The lowest BCUT2D eigenvalue weighted by Gasteiger charge is -2.09. The lowest BCUT2D eigenvalue weighted by Crippen LogP contribution is -2.22. The van der Waals surface area contributed by atoms with Gasteiger partial charge in [-0.15, -0.1) is 5.10 Å². The standard InChI is InChI=1S/C10H20N4O2/c1-2-16-8-10(15)7-14-6-9(12-13-14)4-3-5-11/h6,10,15H,2-5,7-8,11H2,1H3. The summed E-state index contributed by atoms with van der Waals surface area (Å²) in [6.07, 6.45) is 3.03. The van der Waals surface area contributed by atoms with Gasteiger partial charge >= 0.3 is 0 Å². The van der Waals surface area contributed by atoms with Crippen LogP contribution in [-0.2, 0) is 17.7 Å². The Balaban J connectivity index is 2.33. The highest BCUT2D eigenvalue weighted by molar-refractivity contribution is 4.92. The molecule has 16 heavy (non-hydrogen) atoms. The summed E-state index contributed by atoms with van der Waals surface area (Å²) in [6.45, 7) is 3.90. The van der Waals surface area contributed by atoms with Crippen molar-refractivity contribution in [2.45, 2.75) is 32.4 Å². The normalized spacial score (nSPS) is 12.9. The van der Waals surface area contributed by atoms with Gasteiger partial charge in [-0.2, -0.15) is 0 Å². The van der Waals surface area contributed by atoms with Crippen LogP contribution in [0.15, 0.2) is 6.20 Å². The van der Waals surface area contributed by atoms with Gasteiger partial charge in [-0.25, -0.2) is 4.68 Å². The van der Waals surface area contributed by atoms with Crippen LogP contribution in [0.1, 0.15) is 19.0 Å². The van der Waals surface area contributed by atoms with Gasteiger partial charge in [0.1, 0.15) is 0 Å². The van der Waals surface area contributed by atoms with Crippen molar-refractivity contribution in [2.24, 2.45) is 5.73 Å². The minimum Gasteiger partial charge on any atom is -0.389 e. The average molecular weight is 228 g/mol. The fraction of sp³-hybridized carbons (Fsp3) is 0.800. The number of aromatic nitrogens is 3. The minimum atomic E-state index is -0.538. The molecule has 3 N–H and O–H groups in total. The molecule has 6 heteroatoms. The molecular formula is C10H20N4O2. The average Bonchev–Trinajstić information content (AvgIpc) is 2.71. The maximum absolute atomic E-state index is 9.59. The molecule has 1 atom stereocenters. The molecule has 6 nitrogen and oxygen atoms in total. The Morgan fingerprint density at radius 3 is 3.12 bits per heavy atom. The van der Waals surface area contributed by atoms with Crippen molar-refractivity contribution < 1.29 is 9.84 Å². The number of aliphatic hydroxyl groups excluding tert-OH is 1. The van der Waals surface area contributed by atoms with Gasteiger partial charge in [0, 0.05) is 12.8 Å². The molecule has 0 radical (unpaired) electrons. The van der Waals surface area contributed by atoms with Crippen LogP contribution in [0, 0.1) is 0 Å². The summed E-state index contributed by atoms with van der Waals surface area (Å²) in [5, 5.41) is 17.5. The van der Waals surface area contributed by atoms with Crippen LogP contribution in [0.2, 0.25) is 0 Å². The van der Waals surface area contributed by atoms with E-state index in [9.17, 15) is 5.11 Å². The molecule has 0 bridgehead atoms. The van der Waals surface area contributed by atoms with Crippen LogP contribution in [0.3, 0.4) is 0 Å². The van der Waals surface area contributed by atoms with Crippen LogP contribution in [0.25, 0.3) is 0 Å². The second-order valence-corrected chi connectivity index (χ2v) is 3.64. The van der Waals surface area contributed by atoms with Crippen molar-refractivity contribution in [3.8, 4) is 0 Å². The molecule has 1 heterocycles. The number of hydrogen-bond acceptors (Lipinski definition) is 5. The van der Waals surface area contributed by atoms with E-state index in [1.807, 2.05) is 13.1 Å². The molecule has 0 saturated carbocycles. The second kappa shape index (κ2) is 7.32. The van der Waals surface area contributed by atoms with Crippen molar-refractivity contribution in [2.75, 3.05) is 19.8 Å². The first-order valence-electron chi connectivity index (χ1n) is 5.61. The summed E-state index contributed by atoms with van der Waals surface area (Å²) in [5.41, 5.74) is 6.32. The SMILES string of the molecule is CCOCC(O)Cn1cc(CCCN)nn1. The molecule has 92 valence electrons. The highest BCUT2D eigenvalue weighted by Crippen LogP contribution is 1.99. The van der Waals surface area contributed by atoms with Crippen LogP contribution >= 0.6 is 0 Å². The Morgan fingerprint density at radius 1 is 1.62 bits per heavy atom. The zero-order valence-corrected chi connectivity index (χ0v) is 9.67. The zero-order valence-electron chi connectivity index (χ0n) is 9.67. The third-order valence-corrected chi connectivity index (χ3v) is 2.14. The maximum atomic E-state index is 9.59. The molecule has 0 fully saturated rings. The van der Waals surface area contributed by atoms with Crippen molar-refractivity contribution >= 4 is 0 Å². The highest BCUT2D eigenvalue weighted by atomic mass is 16.5. The van der Waals surface area contributed by atoms with E-state index in [-0.39, 0.29) is 0 Å². The second-order valence-electron chi connectivity index (χ2n) is 3.64. The first kappa shape index (κ1) is 13.1. The number of nitrogens with two attached hydrogens (primary N) is 1. The summed E-state index contributed by atoms with van der Waals surface area (Å²) in [5.74, 6) is 0. The predicted octanol–water partition coefficient (Wildman–Crippen LogP) is -0.433. The molecule has 0 amide bonds. The van der Waals surface area contributed by atoms with Gasteiger partial charge in [0.05, 0.1) is 24.9 Å². The largest absolute Gasteiger partial charge is 0.389 e. The van der Waals surface area contributed by atoms with Crippen LogP contribution in [-0.4, -0.2) is 46.0 Å². The molecule has 0 aliphatic rings. The Kier molecular flexibility index (Phi) is 5.99. The van der Waals surface area contributed by atoms with E-state index < -0.39 is 6.10 Å². The van der Waals surface area contributed by atoms with E-state index >= 15 is 0 Å². The predicted molar refractivity (Wildman–Crippen MR) is 59.9 cm³/mol. The van der Waals surface area contributed by atoms with Crippen molar-refractivity contribution in [1.82, 2.24) is 15.0 Å². The van der Waals surface area contributed by atoms with Gasteiger partial charge < -0.3 is 15.6 Å². The molecule has 1 unspecified atom stereocenters. The molecule has 0 aliphatic heterocycles. The van der Waals surface area contributed by atoms with E-state index in [1.165, 1.54) is 0 Å². The zero-order chi connectivity index (χ0) is 11.8. The van der Waals surface area contributed by atoms with Gasteiger partial charge in [-0.05, 0) is 26.3 Å². The minimum absolute atomic E-state index is 0.328. The van der Waals surface area contributed by atoms with E-state index in [1.54, 1.807) is 4.68 Å². The molecule has 1 aromatic heterocycles. The van der Waals surface area contributed by atoms with E-state index in [2.05, 4.69) is 10.3 Å². The van der Waals surface area contributed by atoms with Crippen LogP contribution < -0.4 is 5.73 Å². The first-order chi connectivity index (χ1) is 7.76. The van der Waals surface area contributed by atoms with Gasteiger partial charge in [0.15, 0.2) is 0 Å². The Morgan fingerprint density at radius 2 is 2.44 bits per heavy atom. The molecule has 0 saturated heterocycles. The number of nitrogens with zero attached hydrogens (tertiary/aromatic N) is 3. The molecule has 0 aromatic carbocycles. The van der Waals surface area contributed by atoms with Gasteiger partial charge in [-0.1, -0.05) is 5.21 Å². The van der Waals surface area contributed by atoms with Gasteiger partial charge in [0.2, 0.25) is 0 Å². The van der Waals surface area contributed by atoms with E-state index in [4.69, 9.17) is 10.5 Å². The van der Waals surface area contributed by atoms with Crippen LogP contribution in [0.4, 0.5) is 0 Å². The van der Waals surface area contributed by atoms with E-state index in [0.717, 1.165) is 18.5 Å². The summed E-state index contributed by atoms with van der Waals surface area (Å²) in [6, 6.07) is 0. The maximum Gasteiger partial charge on any atom is 0.0969 e. The lowest BCUT2D eigenvalue weighted by atomic mass is 10.2. The fourth-order valence-electron chi connectivity index (χ4n) is 1.35. The number of aliphatic hydroxyl groups is 1. The summed E-state index contributed by atoms with van der Waals surface area (Å²) in [7, 11) is 0. The Hall–Kier alpha value is -0.980. The summed E-state index contributed by atoms with van der Waals surface area (Å²) < 4.78 is 6.75. The highest BCUT2D eigenvalue weighted by Gasteiger charge is 2.07. The molecule has 1 aromatic rings. The number of rotatable bonds is 8. The third-order valence-electron chi connectivity index (χ3n) is 2.14. The van der Waals surface area contributed by atoms with Crippen molar-refractivity contribution in [1.29, 1.82) is 0 Å². The van der Waals surface area contributed by atoms with Gasteiger partial charge in [0.25, 0.3) is 0 Å². The van der Waals surface area contributed by atoms with Gasteiger partial charge in [-0.3, -0.25) is 0 Å². The quantitative estimate of drug-likeness (QED) is 0.630. The lowest BCUT2D eigenvalue weighted by molar-refractivity contribution is 0.0313. The number of aryl methyl sites for hydroxylation is 1. The summed E-state index contributed by atoms with van der Waals surface area (Å²) in [4.78, 5) is 0. The molecular weight excluding hydrogens is 208 g/mol. The first-order valence-corrected chi connectivity index (χ1v) is 5.61. The topological polar surface area (TPSA) is 86.2 Å². The molecule has 1 rings (SSSR count). The Bertz CT molecular complexity index is 290. The third kappa shape index (κ3) is 4.69. The smallest absolute Gasteiger partial charge is 0.0969 e. The number of hydrogen-bond donors (Lipinski definition) is 2.